The van der Waals surface area contributed by atoms with E-state index in [-0.39, 0.29) is 17.2 Å². The van der Waals surface area contributed by atoms with Crippen molar-refractivity contribution in [3.8, 4) is 0 Å². The Balaban J connectivity index is 2.33. The fraction of sp³-hybridized carbons (Fsp3) is 0.133. The van der Waals surface area contributed by atoms with Gasteiger partial charge in [0.2, 0.25) is 0 Å². The van der Waals surface area contributed by atoms with E-state index in [4.69, 9.17) is 0 Å². The van der Waals surface area contributed by atoms with Crippen molar-refractivity contribution in [3.05, 3.63) is 64.2 Å². The van der Waals surface area contributed by atoms with E-state index in [0.717, 1.165) is 0 Å². The van der Waals surface area contributed by atoms with E-state index in [9.17, 15) is 14.9 Å². The number of carbonyl (C=O) groups excluding carboxylic acids is 1. The Kier molecular flexibility index (Phi) is 4.50. The predicted octanol–water partition coefficient (Wildman–Crippen LogP) is 3.28. The third kappa shape index (κ3) is 3.56. The number of nitrogens with zero attached hydrogens (tertiary/aromatic N) is 1. The summed E-state index contributed by atoms with van der Waals surface area (Å²) in [6.07, 6.45) is 0. The molecule has 0 atom stereocenters. The van der Waals surface area contributed by atoms with Crippen LogP contribution in [0.3, 0.4) is 0 Å². The topological polar surface area (TPSA) is 84.3 Å². The summed E-state index contributed by atoms with van der Waals surface area (Å²) in [5, 5.41) is 16.6. The number of nitro groups is 1. The normalized spacial score (nSPS) is 9.95. The highest BCUT2D eigenvalue weighted by molar-refractivity contribution is 6.08. The highest BCUT2D eigenvalue weighted by Gasteiger charge is 2.16. The number of anilines is 2. The molecular weight excluding hydrogens is 270 g/mol. The molecule has 0 fully saturated rings. The van der Waals surface area contributed by atoms with E-state index in [2.05, 4.69) is 10.6 Å². The third-order valence-corrected chi connectivity index (χ3v) is 2.86. The molecule has 0 bridgehead atoms. The van der Waals surface area contributed by atoms with E-state index >= 15 is 0 Å². The fourth-order valence-electron chi connectivity index (χ4n) is 1.90. The Hall–Kier alpha value is -2.89. The van der Waals surface area contributed by atoms with Gasteiger partial charge in [0.25, 0.3) is 11.6 Å². The van der Waals surface area contributed by atoms with Gasteiger partial charge in [-0.3, -0.25) is 14.9 Å². The van der Waals surface area contributed by atoms with Crippen LogP contribution in [0, 0.1) is 10.1 Å². The van der Waals surface area contributed by atoms with Crippen molar-refractivity contribution in [1.29, 1.82) is 0 Å². The summed E-state index contributed by atoms with van der Waals surface area (Å²) in [7, 11) is 0. The van der Waals surface area contributed by atoms with Crippen LogP contribution in [0.15, 0.2) is 48.5 Å². The summed E-state index contributed by atoms with van der Waals surface area (Å²) < 4.78 is 0. The Morgan fingerprint density at radius 3 is 2.52 bits per heavy atom. The Bertz CT molecular complexity index is 656. The lowest BCUT2D eigenvalue weighted by atomic mass is 10.1. The summed E-state index contributed by atoms with van der Waals surface area (Å²) in [6.45, 7) is 2.50. The summed E-state index contributed by atoms with van der Waals surface area (Å²) >= 11 is 0. The summed E-state index contributed by atoms with van der Waals surface area (Å²) in [4.78, 5) is 22.6. The van der Waals surface area contributed by atoms with Crippen LogP contribution in [0.4, 0.5) is 17.1 Å². The molecule has 2 aromatic carbocycles. The van der Waals surface area contributed by atoms with Crippen molar-refractivity contribution in [1.82, 2.24) is 0 Å². The van der Waals surface area contributed by atoms with Crippen LogP contribution in [-0.4, -0.2) is 17.4 Å². The molecule has 0 spiro atoms. The minimum absolute atomic E-state index is 0.116. The molecule has 2 rings (SSSR count). The number of para-hydroxylation sites is 1. The van der Waals surface area contributed by atoms with Crippen molar-refractivity contribution in [2.24, 2.45) is 0 Å². The molecule has 0 radical (unpaired) electrons. The second kappa shape index (κ2) is 6.51. The number of rotatable bonds is 5. The maximum Gasteiger partial charge on any atom is 0.270 e. The molecule has 0 saturated heterocycles. The molecule has 6 nitrogen and oxygen atoms in total. The molecule has 0 saturated carbocycles. The maximum absolute atomic E-state index is 12.3. The quantitative estimate of drug-likeness (QED) is 0.652. The van der Waals surface area contributed by atoms with Gasteiger partial charge in [0.15, 0.2) is 0 Å². The van der Waals surface area contributed by atoms with E-state index < -0.39 is 4.92 Å². The Morgan fingerprint density at radius 2 is 1.90 bits per heavy atom. The minimum Gasteiger partial charge on any atom is -0.385 e. The van der Waals surface area contributed by atoms with Crippen LogP contribution in [-0.2, 0) is 0 Å². The number of nitrogens with one attached hydrogen (secondary N) is 2. The van der Waals surface area contributed by atoms with Crippen molar-refractivity contribution < 1.29 is 9.72 Å². The SMILES string of the molecule is CCNc1ccc([N+](=O)[O-])cc1C(=O)Nc1ccccc1. The molecule has 21 heavy (non-hydrogen) atoms. The summed E-state index contributed by atoms with van der Waals surface area (Å²) in [6, 6.07) is 13.1. The molecule has 0 aromatic heterocycles. The van der Waals surface area contributed by atoms with Crippen molar-refractivity contribution in [2.45, 2.75) is 6.92 Å². The lowest BCUT2D eigenvalue weighted by Crippen LogP contribution is -2.15. The average molecular weight is 285 g/mol. The number of amides is 1. The van der Waals surface area contributed by atoms with Gasteiger partial charge >= 0.3 is 0 Å². The zero-order chi connectivity index (χ0) is 15.2. The van der Waals surface area contributed by atoms with Gasteiger partial charge in [-0.05, 0) is 25.1 Å². The molecule has 0 unspecified atom stereocenters. The number of carbonyl (C=O) groups is 1. The smallest absolute Gasteiger partial charge is 0.270 e. The van der Waals surface area contributed by atoms with Crippen LogP contribution in [0.25, 0.3) is 0 Å². The fourth-order valence-corrected chi connectivity index (χ4v) is 1.90. The van der Waals surface area contributed by atoms with E-state index in [0.29, 0.717) is 17.9 Å². The van der Waals surface area contributed by atoms with Gasteiger partial charge in [-0.2, -0.15) is 0 Å². The summed E-state index contributed by atoms with van der Waals surface area (Å²) in [5.41, 5.74) is 1.33. The summed E-state index contributed by atoms with van der Waals surface area (Å²) in [5.74, 6) is -0.388. The average Bonchev–Trinajstić information content (AvgIpc) is 2.48. The van der Waals surface area contributed by atoms with Crippen molar-refractivity contribution in [3.63, 3.8) is 0 Å². The highest BCUT2D eigenvalue weighted by atomic mass is 16.6. The second-order valence-electron chi connectivity index (χ2n) is 4.34. The predicted molar refractivity (Wildman–Crippen MR) is 81.7 cm³/mol. The molecule has 2 N–H and O–H groups in total. The molecule has 0 aliphatic heterocycles. The minimum atomic E-state index is -0.519. The maximum atomic E-state index is 12.3. The number of hydrogen-bond donors (Lipinski definition) is 2. The molecule has 0 heterocycles. The van der Waals surface area contributed by atoms with E-state index in [1.54, 1.807) is 30.3 Å². The second-order valence-corrected chi connectivity index (χ2v) is 4.34. The van der Waals surface area contributed by atoms with E-state index in [1.165, 1.54) is 12.1 Å². The monoisotopic (exact) mass is 285 g/mol. The number of hydrogen-bond acceptors (Lipinski definition) is 4. The van der Waals surface area contributed by atoms with E-state index in [1.807, 2.05) is 13.0 Å². The van der Waals surface area contributed by atoms with Gasteiger partial charge < -0.3 is 10.6 Å². The van der Waals surface area contributed by atoms with Crippen LogP contribution < -0.4 is 10.6 Å². The Labute approximate surface area is 121 Å². The first-order valence-electron chi connectivity index (χ1n) is 6.50. The number of benzene rings is 2. The largest absolute Gasteiger partial charge is 0.385 e. The van der Waals surface area contributed by atoms with Crippen LogP contribution in [0.5, 0.6) is 0 Å². The van der Waals surface area contributed by atoms with Crippen molar-refractivity contribution in [2.75, 3.05) is 17.2 Å². The lowest BCUT2D eigenvalue weighted by Gasteiger charge is -2.11. The van der Waals surface area contributed by atoms with Gasteiger partial charge in [0.05, 0.1) is 10.5 Å². The molecule has 0 aliphatic rings. The molecule has 0 aliphatic carbocycles. The zero-order valence-corrected chi connectivity index (χ0v) is 11.5. The van der Waals surface area contributed by atoms with Gasteiger partial charge in [0.1, 0.15) is 0 Å². The Morgan fingerprint density at radius 1 is 1.19 bits per heavy atom. The van der Waals surface area contributed by atoms with Crippen LogP contribution >= 0.6 is 0 Å². The first-order chi connectivity index (χ1) is 10.1. The standard InChI is InChI=1S/C15H15N3O3/c1-2-16-14-9-8-12(18(20)21)10-13(14)15(19)17-11-6-4-3-5-7-11/h3-10,16H,2H2,1H3,(H,17,19). The first-order valence-corrected chi connectivity index (χ1v) is 6.50. The zero-order valence-electron chi connectivity index (χ0n) is 11.5. The molecule has 1 amide bonds. The van der Waals surface area contributed by atoms with Crippen LogP contribution in [0.1, 0.15) is 17.3 Å². The van der Waals surface area contributed by atoms with Crippen LogP contribution in [0.2, 0.25) is 0 Å². The molecule has 6 heteroatoms. The first kappa shape index (κ1) is 14.5. The van der Waals surface area contributed by atoms with Gasteiger partial charge in [0, 0.05) is 30.1 Å². The van der Waals surface area contributed by atoms with Crippen molar-refractivity contribution >= 4 is 23.0 Å². The molecule has 2 aromatic rings. The number of non-ortho nitro benzene ring substituents is 1. The van der Waals surface area contributed by atoms with Gasteiger partial charge in [-0.25, -0.2) is 0 Å². The van der Waals surface area contributed by atoms with Gasteiger partial charge in [-0.15, -0.1) is 0 Å². The molecular formula is C15H15N3O3. The highest BCUT2D eigenvalue weighted by Crippen LogP contribution is 2.23. The number of nitro benzene ring substituents is 1. The lowest BCUT2D eigenvalue weighted by molar-refractivity contribution is -0.384. The van der Waals surface area contributed by atoms with Gasteiger partial charge in [-0.1, -0.05) is 18.2 Å². The molecule has 108 valence electrons. The third-order valence-electron chi connectivity index (χ3n) is 2.86.